The monoisotopic (exact) mass is 291 g/mol. The van der Waals surface area contributed by atoms with Crippen molar-refractivity contribution in [3.63, 3.8) is 0 Å². The second-order valence-corrected chi connectivity index (χ2v) is 5.96. The number of ether oxygens (including phenoxy) is 1. The number of hydrogen-bond donors (Lipinski definition) is 1. The first-order valence-corrected chi connectivity index (χ1v) is 7.59. The molecule has 0 saturated heterocycles. The molecule has 0 radical (unpaired) electrons. The number of methoxy groups -OCH3 is 1. The normalized spacial score (nSPS) is 21.9. The molecular formula is C17H25NO3. The quantitative estimate of drug-likeness (QED) is 0.927. The van der Waals surface area contributed by atoms with E-state index in [1.165, 1.54) is 0 Å². The van der Waals surface area contributed by atoms with Crippen molar-refractivity contribution in [3.05, 3.63) is 29.3 Å². The zero-order valence-corrected chi connectivity index (χ0v) is 13.1. The average Bonchev–Trinajstić information content (AvgIpc) is 2.54. The second kappa shape index (κ2) is 6.94. The van der Waals surface area contributed by atoms with E-state index in [-0.39, 0.29) is 18.6 Å². The summed E-state index contributed by atoms with van der Waals surface area (Å²) in [4.78, 5) is 14.4. The van der Waals surface area contributed by atoms with Gasteiger partial charge < -0.3 is 14.7 Å². The first-order valence-electron chi connectivity index (χ1n) is 7.59. The lowest BCUT2D eigenvalue weighted by Crippen LogP contribution is -2.39. The van der Waals surface area contributed by atoms with Gasteiger partial charge in [-0.1, -0.05) is 6.07 Å². The van der Waals surface area contributed by atoms with E-state index >= 15 is 0 Å². The topological polar surface area (TPSA) is 49.8 Å². The van der Waals surface area contributed by atoms with Crippen molar-refractivity contribution in [2.45, 2.75) is 38.6 Å². The number of nitrogens with zero attached hydrogens (tertiary/aromatic N) is 1. The van der Waals surface area contributed by atoms with E-state index < -0.39 is 0 Å². The van der Waals surface area contributed by atoms with Crippen molar-refractivity contribution in [2.75, 3.05) is 20.8 Å². The minimum Gasteiger partial charge on any atom is -0.496 e. The molecule has 1 aromatic rings. The SMILES string of the molecule is COc1cc(C(=O)N(C)C2CCC(CO)CC2)ccc1C. The summed E-state index contributed by atoms with van der Waals surface area (Å²) in [5.74, 6) is 1.20. The van der Waals surface area contributed by atoms with Crippen molar-refractivity contribution in [3.8, 4) is 5.75 Å². The van der Waals surface area contributed by atoms with Crippen LogP contribution in [0.15, 0.2) is 18.2 Å². The van der Waals surface area contributed by atoms with Gasteiger partial charge in [0, 0.05) is 25.3 Å². The lowest BCUT2D eigenvalue weighted by Gasteiger charge is -2.34. The number of benzene rings is 1. The molecule has 0 aliphatic heterocycles. The fourth-order valence-electron chi connectivity index (χ4n) is 3.04. The Kier molecular flexibility index (Phi) is 5.23. The first-order chi connectivity index (χ1) is 10.1. The molecule has 0 heterocycles. The minimum atomic E-state index is 0.0424. The molecule has 1 N–H and O–H groups in total. The third-order valence-electron chi connectivity index (χ3n) is 4.60. The van der Waals surface area contributed by atoms with Crippen LogP contribution in [0.1, 0.15) is 41.6 Å². The minimum absolute atomic E-state index is 0.0424. The Hall–Kier alpha value is -1.55. The number of rotatable bonds is 4. The van der Waals surface area contributed by atoms with Gasteiger partial charge in [-0.25, -0.2) is 0 Å². The number of aliphatic hydroxyl groups excluding tert-OH is 1. The first kappa shape index (κ1) is 15.8. The maximum Gasteiger partial charge on any atom is 0.253 e. The molecule has 1 amide bonds. The molecule has 4 nitrogen and oxygen atoms in total. The van der Waals surface area contributed by atoms with Gasteiger partial charge in [-0.05, 0) is 56.2 Å². The summed E-state index contributed by atoms with van der Waals surface area (Å²) in [7, 11) is 3.50. The van der Waals surface area contributed by atoms with E-state index in [0.717, 1.165) is 37.0 Å². The molecule has 0 spiro atoms. The van der Waals surface area contributed by atoms with Crippen LogP contribution in [0.25, 0.3) is 0 Å². The summed E-state index contributed by atoms with van der Waals surface area (Å²) < 4.78 is 5.29. The number of amides is 1. The van der Waals surface area contributed by atoms with Gasteiger partial charge in [0.05, 0.1) is 7.11 Å². The Bertz CT molecular complexity index is 493. The molecule has 0 unspecified atom stereocenters. The maximum absolute atomic E-state index is 12.6. The van der Waals surface area contributed by atoms with Crippen molar-refractivity contribution >= 4 is 5.91 Å². The number of carbonyl (C=O) groups is 1. The van der Waals surface area contributed by atoms with E-state index in [0.29, 0.717) is 11.5 Å². The summed E-state index contributed by atoms with van der Waals surface area (Å²) in [6.45, 7) is 2.23. The molecule has 1 saturated carbocycles. The number of carbonyl (C=O) groups excluding carboxylic acids is 1. The molecule has 0 bridgehead atoms. The Balaban J connectivity index is 2.05. The van der Waals surface area contributed by atoms with Crippen LogP contribution < -0.4 is 4.74 Å². The third kappa shape index (κ3) is 3.56. The van der Waals surface area contributed by atoms with Gasteiger partial charge in [0.15, 0.2) is 0 Å². The van der Waals surface area contributed by atoms with Crippen molar-refractivity contribution in [2.24, 2.45) is 5.92 Å². The third-order valence-corrected chi connectivity index (χ3v) is 4.60. The zero-order chi connectivity index (χ0) is 15.4. The van der Waals surface area contributed by atoms with Gasteiger partial charge in [0.25, 0.3) is 5.91 Å². The Morgan fingerprint density at radius 1 is 1.33 bits per heavy atom. The fraction of sp³-hybridized carbons (Fsp3) is 0.588. The van der Waals surface area contributed by atoms with E-state index in [1.54, 1.807) is 7.11 Å². The molecule has 0 aromatic heterocycles. The van der Waals surface area contributed by atoms with Crippen LogP contribution in [0.5, 0.6) is 5.75 Å². The van der Waals surface area contributed by atoms with Crippen LogP contribution in [0.2, 0.25) is 0 Å². The van der Waals surface area contributed by atoms with Crippen LogP contribution in [0, 0.1) is 12.8 Å². The predicted molar refractivity (Wildman–Crippen MR) is 82.7 cm³/mol. The highest BCUT2D eigenvalue weighted by Crippen LogP contribution is 2.28. The second-order valence-electron chi connectivity index (χ2n) is 5.96. The fourth-order valence-corrected chi connectivity index (χ4v) is 3.04. The molecule has 1 aliphatic rings. The number of aryl methyl sites for hydroxylation is 1. The maximum atomic E-state index is 12.6. The van der Waals surface area contributed by atoms with Crippen LogP contribution in [-0.4, -0.2) is 42.7 Å². The molecule has 116 valence electrons. The Morgan fingerprint density at radius 3 is 2.57 bits per heavy atom. The van der Waals surface area contributed by atoms with Gasteiger partial charge in [0.1, 0.15) is 5.75 Å². The molecule has 4 heteroatoms. The van der Waals surface area contributed by atoms with Crippen LogP contribution in [0.4, 0.5) is 0 Å². The molecule has 1 fully saturated rings. The Labute approximate surface area is 126 Å². The summed E-state index contributed by atoms with van der Waals surface area (Å²) in [5, 5.41) is 9.19. The van der Waals surface area contributed by atoms with Gasteiger partial charge in [-0.3, -0.25) is 4.79 Å². The molecular weight excluding hydrogens is 266 g/mol. The van der Waals surface area contributed by atoms with Gasteiger partial charge >= 0.3 is 0 Å². The number of hydrogen-bond acceptors (Lipinski definition) is 3. The molecule has 2 rings (SSSR count). The summed E-state index contributed by atoms with van der Waals surface area (Å²) in [6.07, 6.45) is 3.93. The smallest absolute Gasteiger partial charge is 0.253 e. The average molecular weight is 291 g/mol. The predicted octanol–water partition coefficient (Wildman–Crippen LogP) is 2.63. The highest BCUT2D eigenvalue weighted by molar-refractivity contribution is 5.94. The van der Waals surface area contributed by atoms with Crippen molar-refractivity contribution < 1.29 is 14.6 Å². The van der Waals surface area contributed by atoms with E-state index in [2.05, 4.69) is 0 Å². The van der Waals surface area contributed by atoms with E-state index in [9.17, 15) is 9.90 Å². The lowest BCUT2D eigenvalue weighted by atomic mass is 9.86. The van der Waals surface area contributed by atoms with Crippen LogP contribution >= 0.6 is 0 Å². The Morgan fingerprint density at radius 2 is 2.00 bits per heavy atom. The molecule has 0 atom stereocenters. The summed E-state index contributed by atoms with van der Waals surface area (Å²) in [6, 6.07) is 5.86. The molecule has 21 heavy (non-hydrogen) atoms. The van der Waals surface area contributed by atoms with Gasteiger partial charge in [-0.2, -0.15) is 0 Å². The van der Waals surface area contributed by atoms with Crippen molar-refractivity contribution in [1.82, 2.24) is 4.90 Å². The standard InChI is InChI=1S/C17H25NO3/c1-12-4-7-14(10-16(12)21-3)17(20)18(2)15-8-5-13(11-19)6-9-15/h4,7,10,13,15,19H,5-6,8-9,11H2,1-3H3. The molecule has 1 aromatic carbocycles. The highest BCUT2D eigenvalue weighted by Gasteiger charge is 2.26. The largest absolute Gasteiger partial charge is 0.496 e. The molecule has 1 aliphatic carbocycles. The van der Waals surface area contributed by atoms with Gasteiger partial charge in [-0.15, -0.1) is 0 Å². The van der Waals surface area contributed by atoms with E-state index in [4.69, 9.17) is 4.74 Å². The van der Waals surface area contributed by atoms with Gasteiger partial charge in [0.2, 0.25) is 0 Å². The summed E-state index contributed by atoms with van der Waals surface area (Å²) in [5.41, 5.74) is 1.70. The summed E-state index contributed by atoms with van der Waals surface area (Å²) >= 11 is 0. The lowest BCUT2D eigenvalue weighted by molar-refractivity contribution is 0.0652. The van der Waals surface area contributed by atoms with Crippen molar-refractivity contribution in [1.29, 1.82) is 0 Å². The highest BCUT2D eigenvalue weighted by atomic mass is 16.5. The van der Waals surface area contributed by atoms with Crippen LogP contribution in [0.3, 0.4) is 0 Å². The zero-order valence-electron chi connectivity index (χ0n) is 13.1. The van der Waals surface area contributed by atoms with E-state index in [1.807, 2.05) is 37.1 Å². The van der Waals surface area contributed by atoms with Crippen LogP contribution in [-0.2, 0) is 0 Å². The number of aliphatic hydroxyl groups is 1.